The van der Waals surface area contributed by atoms with Gasteiger partial charge in [0.2, 0.25) is 0 Å². The largest absolute Gasteiger partial charge is 0.373 e. The number of rotatable bonds is 3. The van der Waals surface area contributed by atoms with Crippen LogP contribution in [0.1, 0.15) is 31.4 Å². The van der Waals surface area contributed by atoms with Crippen LogP contribution in [0.15, 0.2) is 18.2 Å². The third kappa shape index (κ3) is 3.18. The van der Waals surface area contributed by atoms with Gasteiger partial charge < -0.3 is 10.1 Å². The summed E-state index contributed by atoms with van der Waals surface area (Å²) in [6.45, 7) is 3.79. The van der Waals surface area contributed by atoms with Gasteiger partial charge in [-0.15, -0.1) is 0 Å². The van der Waals surface area contributed by atoms with Crippen LogP contribution >= 0.6 is 11.6 Å². The normalized spacial score (nSPS) is 24.9. The molecule has 94 valence electrons. The van der Waals surface area contributed by atoms with Gasteiger partial charge in [-0.3, -0.25) is 0 Å². The Hall–Kier alpha value is -0.640. The Morgan fingerprint density at radius 2 is 2.35 bits per heavy atom. The Morgan fingerprint density at radius 3 is 3.06 bits per heavy atom. The van der Waals surface area contributed by atoms with E-state index in [0.29, 0.717) is 6.04 Å². The van der Waals surface area contributed by atoms with Gasteiger partial charge in [0.15, 0.2) is 0 Å². The lowest BCUT2D eigenvalue weighted by Crippen LogP contribution is -2.35. The third-order valence-electron chi connectivity index (χ3n) is 3.09. The molecule has 1 saturated heterocycles. The molecule has 4 heteroatoms. The van der Waals surface area contributed by atoms with Crippen molar-refractivity contribution in [1.82, 2.24) is 5.32 Å². The first-order valence-electron chi connectivity index (χ1n) is 6.00. The van der Waals surface area contributed by atoms with Crippen molar-refractivity contribution in [1.29, 1.82) is 0 Å². The van der Waals surface area contributed by atoms with Gasteiger partial charge in [0.25, 0.3) is 0 Å². The van der Waals surface area contributed by atoms with Crippen LogP contribution in [0.4, 0.5) is 4.39 Å². The molecule has 0 aromatic heterocycles. The van der Waals surface area contributed by atoms with E-state index in [-0.39, 0.29) is 16.9 Å². The van der Waals surface area contributed by atoms with Crippen LogP contribution in [0.5, 0.6) is 0 Å². The molecule has 0 saturated carbocycles. The van der Waals surface area contributed by atoms with Crippen molar-refractivity contribution in [3.05, 3.63) is 34.6 Å². The molecule has 1 fully saturated rings. The smallest absolute Gasteiger partial charge is 0.141 e. The first kappa shape index (κ1) is 12.8. The minimum atomic E-state index is -0.380. The minimum absolute atomic E-state index is 0.0194. The number of hydrogen-bond donors (Lipinski definition) is 1. The monoisotopic (exact) mass is 257 g/mol. The lowest BCUT2D eigenvalue weighted by molar-refractivity contribution is 0.000568. The Bertz CT molecular complexity index is 384. The molecule has 0 spiro atoms. The maximum Gasteiger partial charge on any atom is 0.141 e. The molecule has 0 radical (unpaired) electrons. The van der Waals surface area contributed by atoms with Crippen LogP contribution in [-0.2, 0) is 4.74 Å². The summed E-state index contributed by atoms with van der Waals surface area (Å²) in [5.41, 5.74) is 0.957. The quantitative estimate of drug-likeness (QED) is 0.897. The van der Waals surface area contributed by atoms with Gasteiger partial charge in [0.05, 0.1) is 11.1 Å². The number of benzene rings is 1. The molecule has 2 nitrogen and oxygen atoms in total. The zero-order valence-electron chi connectivity index (χ0n) is 9.88. The van der Waals surface area contributed by atoms with Gasteiger partial charge in [-0.25, -0.2) is 4.39 Å². The van der Waals surface area contributed by atoms with E-state index in [1.807, 2.05) is 0 Å². The third-order valence-corrected chi connectivity index (χ3v) is 3.38. The lowest BCUT2D eigenvalue weighted by Gasteiger charge is -2.30. The number of hydrogen-bond acceptors (Lipinski definition) is 2. The molecule has 1 aliphatic rings. The first-order chi connectivity index (χ1) is 8.20. The van der Waals surface area contributed by atoms with Gasteiger partial charge in [-0.2, -0.15) is 0 Å². The van der Waals surface area contributed by atoms with Gasteiger partial charge in [-0.05, 0) is 37.1 Å². The highest BCUT2D eigenvalue weighted by Gasteiger charge is 2.23. The average molecular weight is 258 g/mol. The van der Waals surface area contributed by atoms with Crippen molar-refractivity contribution in [2.24, 2.45) is 0 Å². The number of ether oxygens (including phenoxy) is 1. The zero-order valence-corrected chi connectivity index (χ0v) is 10.6. The highest BCUT2D eigenvalue weighted by Crippen LogP contribution is 2.30. The van der Waals surface area contributed by atoms with Crippen molar-refractivity contribution in [3.8, 4) is 0 Å². The van der Waals surface area contributed by atoms with Gasteiger partial charge in [0, 0.05) is 12.6 Å². The molecule has 1 aromatic carbocycles. The molecule has 0 aliphatic carbocycles. The Balaban J connectivity index is 2.08. The fourth-order valence-corrected chi connectivity index (χ4v) is 2.40. The zero-order chi connectivity index (χ0) is 12.3. The Labute approximate surface area is 106 Å². The van der Waals surface area contributed by atoms with E-state index in [1.54, 1.807) is 12.1 Å². The molecular weight excluding hydrogens is 241 g/mol. The van der Waals surface area contributed by atoms with E-state index in [2.05, 4.69) is 12.2 Å². The summed E-state index contributed by atoms with van der Waals surface area (Å²) in [4.78, 5) is 0. The Kier molecular flexibility index (Phi) is 4.37. The first-order valence-corrected chi connectivity index (χ1v) is 6.38. The summed E-state index contributed by atoms with van der Waals surface area (Å²) in [7, 11) is 0. The fraction of sp³-hybridized carbons (Fsp3) is 0.538. The molecule has 0 amide bonds. The SMILES string of the molecule is CCNC1CCOC(c2ccc(F)c(Cl)c2)C1. The number of halogens is 2. The van der Waals surface area contributed by atoms with E-state index < -0.39 is 0 Å². The van der Waals surface area contributed by atoms with Crippen LogP contribution in [0.25, 0.3) is 0 Å². The molecule has 1 aromatic rings. The minimum Gasteiger partial charge on any atom is -0.373 e. The maximum atomic E-state index is 13.1. The summed E-state index contributed by atoms with van der Waals surface area (Å²) < 4.78 is 18.8. The summed E-state index contributed by atoms with van der Waals surface area (Å²) in [6, 6.07) is 5.29. The summed E-state index contributed by atoms with van der Waals surface area (Å²) in [5, 5.41) is 3.59. The van der Waals surface area contributed by atoms with E-state index in [4.69, 9.17) is 16.3 Å². The molecule has 1 aliphatic heterocycles. The second kappa shape index (κ2) is 5.80. The van der Waals surface area contributed by atoms with Crippen molar-refractivity contribution in [2.75, 3.05) is 13.2 Å². The lowest BCUT2D eigenvalue weighted by atomic mass is 9.97. The maximum absolute atomic E-state index is 13.1. The second-order valence-corrected chi connectivity index (χ2v) is 4.72. The summed E-state index contributed by atoms with van der Waals surface area (Å²) in [6.07, 6.45) is 1.96. The average Bonchev–Trinajstić information content (AvgIpc) is 2.33. The predicted octanol–water partition coefficient (Wildman–Crippen LogP) is 3.31. The molecule has 1 heterocycles. The van der Waals surface area contributed by atoms with Crippen LogP contribution in [0.3, 0.4) is 0 Å². The molecule has 0 bridgehead atoms. The molecule has 2 rings (SSSR count). The molecule has 1 N–H and O–H groups in total. The standard InChI is InChI=1S/C13H17ClFNO/c1-2-16-10-5-6-17-13(8-10)9-3-4-12(15)11(14)7-9/h3-4,7,10,13,16H,2,5-6,8H2,1H3. The van der Waals surface area contributed by atoms with Crippen LogP contribution < -0.4 is 5.32 Å². The fourth-order valence-electron chi connectivity index (χ4n) is 2.22. The van der Waals surface area contributed by atoms with Crippen molar-refractivity contribution >= 4 is 11.6 Å². The predicted molar refractivity (Wildman–Crippen MR) is 66.8 cm³/mol. The van der Waals surface area contributed by atoms with E-state index in [9.17, 15) is 4.39 Å². The van der Waals surface area contributed by atoms with Gasteiger partial charge in [-0.1, -0.05) is 24.6 Å². The molecular formula is C13H17ClFNO. The van der Waals surface area contributed by atoms with E-state index >= 15 is 0 Å². The van der Waals surface area contributed by atoms with Crippen LogP contribution in [0.2, 0.25) is 5.02 Å². The second-order valence-electron chi connectivity index (χ2n) is 4.31. The molecule has 2 unspecified atom stereocenters. The highest BCUT2D eigenvalue weighted by atomic mass is 35.5. The summed E-state index contributed by atoms with van der Waals surface area (Å²) >= 11 is 5.78. The molecule has 17 heavy (non-hydrogen) atoms. The number of nitrogens with one attached hydrogen (secondary N) is 1. The Morgan fingerprint density at radius 1 is 1.53 bits per heavy atom. The van der Waals surface area contributed by atoms with E-state index in [0.717, 1.165) is 31.6 Å². The topological polar surface area (TPSA) is 21.3 Å². The van der Waals surface area contributed by atoms with Gasteiger partial charge >= 0.3 is 0 Å². The van der Waals surface area contributed by atoms with Crippen LogP contribution in [-0.4, -0.2) is 19.2 Å². The van der Waals surface area contributed by atoms with Crippen molar-refractivity contribution < 1.29 is 9.13 Å². The van der Waals surface area contributed by atoms with Gasteiger partial charge in [0.1, 0.15) is 5.82 Å². The highest BCUT2D eigenvalue weighted by molar-refractivity contribution is 6.30. The summed E-state index contributed by atoms with van der Waals surface area (Å²) in [5.74, 6) is -0.380. The van der Waals surface area contributed by atoms with E-state index in [1.165, 1.54) is 6.07 Å². The van der Waals surface area contributed by atoms with Crippen molar-refractivity contribution in [3.63, 3.8) is 0 Å². The van der Waals surface area contributed by atoms with Crippen molar-refractivity contribution in [2.45, 2.75) is 31.9 Å². The molecule has 2 atom stereocenters. The van der Waals surface area contributed by atoms with Crippen LogP contribution in [0, 0.1) is 5.82 Å².